The smallest absolute Gasteiger partial charge is 0.143 e. The predicted octanol–water partition coefficient (Wildman–Crippen LogP) is 3.06. The van der Waals surface area contributed by atoms with Crippen molar-refractivity contribution in [1.82, 2.24) is 20.0 Å². The molecule has 0 radical (unpaired) electrons. The number of rotatable bonds is 3. The average molecular weight is 328 g/mol. The largest absolute Gasteiger partial charge is 0.381 e. The van der Waals surface area contributed by atoms with E-state index >= 15 is 0 Å². The molecule has 24 heavy (non-hydrogen) atoms. The van der Waals surface area contributed by atoms with Crippen molar-refractivity contribution in [3.8, 4) is 11.3 Å². The third kappa shape index (κ3) is 2.84. The minimum atomic E-state index is 0.362. The van der Waals surface area contributed by atoms with E-state index < -0.39 is 0 Å². The van der Waals surface area contributed by atoms with Crippen LogP contribution in [0.5, 0.6) is 0 Å². The number of ether oxygens (including phenoxy) is 1. The molecule has 2 aromatic rings. The van der Waals surface area contributed by atoms with Gasteiger partial charge in [-0.15, -0.1) is 0 Å². The van der Waals surface area contributed by atoms with Gasteiger partial charge in [0, 0.05) is 19.3 Å². The van der Waals surface area contributed by atoms with Crippen LogP contribution in [0.4, 0.5) is 0 Å². The normalized spacial score (nSPS) is 23.0. The molecular weight excluding hydrogens is 304 g/mol. The van der Waals surface area contributed by atoms with Gasteiger partial charge in [0.05, 0.1) is 41.1 Å². The minimum Gasteiger partial charge on any atom is -0.381 e. The highest BCUT2D eigenvalue weighted by Crippen LogP contribution is 2.36. The fourth-order valence-electron chi connectivity index (χ4n) is 4.07. The molecule has 6 heteroatoms. The average Bonchev–Trinajstić information content (AvgIpc) is 3.23. The number of hydrogen-bond acceptors (Lipinski definition) is 6. The van der Waals surface area contributed by atoms with Gasteiger partial charge in [-0.05, 0) is 46.1 Å². The first-order chi connectivity index (χ1) is 11.7. The van der Waals surface area contributed by atoms with Gasteiger partial charge in [0.25, 0.3) is 0 Å². The Morgan fingerprint density at radius 1 is 1.12 bits per heavy atom. The second-order valence-corrected chi connectivity index (χ2v) is 6.77. The van der Waals surface area contributed by atoms with Crippen molar-refractivity contribution in [2.24, 2.45) is 0 Å². The van der Waals surface area contributed by atoms with Gasteiger partial charge < -0.3 is 9.26 Å². The van der Waals surface area contributed by atoms with Crippen LogP contribution in [0, 0.1) is 13.8 Å². The summed E-state index contributed by atoms with van der Waals surface area (Å²) in [4.78, 5) is 12.0. The quantitative estimate of drug-likeness (QED) is 0.863. The van der Waals surface area contributed by atoms with Crippen molar-refractivity contribution in [2.45, 2.75) is 51.6 Å². The Balaban J connectivity index is 1.63. The van der Waals surface area contributed by atoms with Gasteiger partial charge in [0.2, 0.25) is 0 Å². The number of hydrogen-bond donors (Lipinski definition) is 0. The summed E-state index contributed by atoms with van der Waals surface area (Å²) in [7, 11) is 0. The van der Waals surface area contributed by atoms with Crippen LogP contribution in [0.15, 0.2) is 16.9 Å². The summed E-state index contributed by atoms with van der Waals surface area (Å²) in [6, 6.07) is 0.969. The lowest BCUT2D eigenvalue weighted by Gasteiger charge is -2.35. The van der Waals surface area contributed by atoms with E-state index in [-0.39, 0.29) is 0 Å². The standard InChI is InChI=1S/C18H24N4O2/c1-12-18(13(2)24-21-12)16-11-19-10-15(20-16)17-4-3-7-22(17)14-5-8-23-9-6-14/h10-11,14,17H,3-9H2,1-2H3. The van der Waals surface area contributed by atoms with Crippen LogP contribution < -0.4 is 0 Å². The summed E-state index contributed by atoms with van der Waals surface area (Å²) >= 11 is 0. The molecule has 2 aromatic heterocycles. The Labute approximate surface area is 142 Å². The highest BCUT2D eigenvalue weighted by atomic mass is 16.5. The van der Waals surface area contributed by atoms with Gasteiger partial charge >= 0.3 is 0 Å². The van der Waals surface area contributed by atoms with E-state index in [2.05, 4.69) is 15.0 Å². The van der Waals surface area contributed by atoms with Crippen molar-refractivity contribution in [1.29, 1.82) is 0 Å². The highest BCUT2D eigenvalue weighted by molar-refractivity contribution is 5.62. The lowest BCUT2D eigenvalue weighted by molar-refractivity contribution is 0.0285. The van der Waals surface area contributed by atoms with Gasteiger partial charge in [-0.25, -0.2) is 4.98 Å². The lowest BCUT2D eigenvalue weighted by Crippen LogP contribution is -2.39. The second-order valence-electron chi connectivity index (χ2n) is 6.77. The van der Waals surface area contributed by atoms with Gasteiger partial charge in [0.1, 0.15) is 5.76 Å². The first-order valence-corrected chi connectivity index (χ1v) is 8.82. The molecule has 2 fully saturated rings. The molecular formula is C18H24N4O2. The zero-order valence-electron chi connectivity index (χ0n) is 14.4. The molecule has 2 saturated heterocycles. The van der Waals surface area contributed by atoms with E-state index in [1.807, 2.05) is 26.2 Å². The Morgan fingerprint density at radius 2 is 1.96 bits per heavy atom. The predicted molar refractivity (Wildman–Crippen MR) is 89.5 cm³/mol. The summed E-state index contributed by atoms with van der Waals surface area (Å²) in [5.74, 6) is 0.798. The molecule has 4 heterocycles. The Kier molecular flexibility index (Phi) is 4.33. The third-order valence-corrected chi connectivity index (χ3v) is 5.24. The molecule has 0 spiro atoms. The zero-order chi connectivity index (χ0) is 16.5. The number of nitrogens with zero attached hydrogens (tertiary/aromatic N) is 4. The summed E-state index contributed by atoms with van der Waals surface area (Å²) in [5, 5.41) is 4.04. The molecule has 0 aromatic carbocycles. The molecule has 0 amide bonds. The van der Waals surface area contributed by atoms with Crippen LogP contribution in [-0.2, 0) is 4.74 Å². The van der Waals surface area contributed by atoms with Crippen LogP contribution in [0.3, 0.4) is 0 Å². The molecule has 0 bridgehead atoms. The van der Waals surface area contributed by atoms with Gasteiger partial charge in [-0.2, -0.15) is 0 Å². The lowest BCUT2D eigenvalue weighted by atomic mass is 10.0. The molecule has 2 aliphatic heterocycles. The first kappa shape index (κ1) is 15.7. The van der Waals surface area contributed by atoms with Crippen LogP contribution in [0.2, 0.25) is 0 Å². The summed E-state index contributed by atoms with van der Waals surface area (Å²) in [6.45, 7) is 6.77. The topological polar surface area (TPSA) is 64.3 Å². The van der Waals surface area contributed by atoms with Crippen molar-refractivity contribution in [2.75, 3.05) is 19.8 Å². The maximum atomic E-state index is 5.52. The number of aryl methyl sites for hydroxylation is 2. The highest BCUT2D eigenvalue weighted by Gasteiger charge is 2.33. The van der Waals surface area contributed by atoms with E-state index in [0.29, 0.717) is 12.1 Å². The second kappa shape index (κ2) is 6.61. The molecule has 4 rings (SSSR count). The van der Waals surface area contributed by atoms with Crippen LogP contribution in [0.25, 0.3) is 11.3 Å². The maximum absolute atomic E-state index is 5.52. The van der Waals surface area contributed by atoms with Crippen molar-refractivity contribution in [3.05, 3.63) is 29.5 Å². The molecule has 128 valence electrons. The Bertz CT molecular complexity index is 689. The Morgan fingerprint density at radius 3 is 2.71 bits per heavy atom. The van der Waals surface area contributed by atoms with Crippen LogP contribution >= 0.6 is 0 Å². The monoisotopic (exact) mass is 328 g/mol. The van der Waals surface area contributed by atoms with Crippen LogP contribution in [0.1, 0.15) is 48.9 Å². The fraction of sp³-hybridized carbons (Fsp3) is 0.611. The molecule has 1 unspecified atom stereocenters. The van der Waals surface area contributed by atoms with E-state index in [4.69, 9.17) is 14.2 Å². The molecule has 1 atom stereocenters. The van der Waals surface area contributed by atoms with E-state index in [1.165, 1.54) is 6.42 Å². The fourth-order valence-corrected chi connectivity index (χ4v) is 4.07. The van der Waals surface area contributed by atoms with Crippen molar-refractivity contribution >= 4 is 0 Å². The van der Waals surface area contributed by atoms with Crippen LogP contribution in [-0.4, -0.2) is 45.8 Å². The minimum absolute atomic E-state index is 0.362. The Hall–Kier alpha value is -1.79. The van der Waals surface area contributed by atoms with E-state index in [9.17, 15) is 0 Å². The van der Waals surface area contributed by atoms with Gasteiger partial charge in [0.15, 0.2) is 0 Å². The summed E-state index contributed by atoms with van der Waals surface area (Å²) in [6.07, 6.45) is 8.34. The zero-order valence-corrected chi connectivity index (χ0v) is 14.4. The summed E-state index contributed by atoms with van der Waals surface area (Å²) in [5.41, 5.74) is 3.77. The summed E-state index contributed by atoms with van der Waals surface area (Å²) < 4.78 is 10.8. The SMILES string of the molecule is Cc1noc(C)c1-c1cncc(C2CCCN2C2CCOCC2)n1. The van der Waals surface area contributed by atoms with Crippen molar-refractivity contribution in [3.63, 3.8) is 0 Å². The molecule has 0 aliphatic carbocycles. The molecule has 0 saturated carbocycles. The maximum Gasteiger partial charge on any atom is 0.143 e. The number of likely N-dealkylation sites (tertiary alicyclic amines) is 1. The molecule has 2 aliphatic rings. The molecule has 6 nitrogen and oxygen atoms in total. The van der Waals surface area contributed by atoms with E-state index in [1.54, 1.807) is 0 Å². The molecule has 0 N–H and O–H groups in total. The van der Waals surface area contributed by atoms with Gasteiger partial charge in [-0.1, -0.05) is 5.16 Å². The van der Waals surface area contributed by atoms with Crippen molar-refractivity contribution < 1.29 is 9.26 Å². The first-order valence-electron chi connectivity index (χ1n) is 8.82. The van der Waals surface area contributed by atoms with Gasteiger partial charge in [-0.3, -0.25) is 9.88 Å². The van der Waals surface area contributed by atoms with E-state index in [0.717, 1.165) is 67.4 Å². The number of aromatic nitrogens is 3. The third-order valence-electron chi connectivity index (χ3n) is 5.24.